The quantitative estimate of drug-likeness (QED) is 0.815. The van der Waals surface area contributed by atoms with E-state index in [1.807, 2.05) is 6.92 Å². The van der Waals surface area contributed by atoms with E-state index in [0.717, 1.165) is 5.57 Å². The molecule has 2 amide bonds. The van der Waals surface area contributed by atoms with Crippen molar-refractivity contribution in [2.75, 3.05) is 11.9 Å². The van der Waals surface area contributed by atoms with Crippen molar-refractivity contribution in [1.82, 2.24) is 5.32 Å². The van der Waals surface area contributed by atoms with E-state index in [-0.39, 0.29) is 12.0 Å². The standard InChI is InChI=1S/C16H22N2O3/c1-5-21-15(19)13-6-8-14(9-7-13)18-16(20)17-10-12(4)11(2)3/h6-11H,5H2,1-4H3,(H2,17,18,20)/b12-10+. The van der Waals surface area contributed by atoms with E-state index in [4.69, 9.17) is 4.74 Å². The monoisotopic (exact) mass is 290 g/mol. The summed E-state index contributed by atoms with van der Waals surface area (Å²) < 4.78 is 4.89. The van der Waals surface area contributed by atoms with Crippen LogP contribution in [0.5, 0.6) is 0 Å². The van der Waals surface area contributed by atoms with Gasteiger partial charge in [-0.15, -0.1) is 0 Å². The van der Waals surface area contributed by atoms with Gasteiger partial charge in [0.25, 0.3) is 0 Å². The first kappa shape index (κ1) is 16.8. The van der Waals surface area contributed by atoms with Gasteiger partial charge in [-0.3, -0.25) is 0 Å². The van der Waals surface area contributed by atoms with Crippen LogP contribution >= 0.6 is 0 Å². The molecule has 1 rings (SSSR count). The molecule has 2 N–H and O–H groups in total. The number of amides is 2. The molecule has 0 atom stereocenters. The summed E-state index contributed by atoms with van der Waals surface area (Å²) in [4.78, 5) is 23.2. The largest absolute Gasteiger partial charge is 0.462 e. The van der Waals surface area contributed by atoms with Crippen molar-refractivity contribution >= 4 is 17.7 Å². The van der Waals surface area contributed by atoms with E-state index >= 15 is 0 Å². The van der Waals surface area contributed by atoms with Crippen molar-refractivity contribution in [3.05, 3.63) is 41.6 Å². The number of carbonyl (C=O) groups is 2. The first-order valence-electron chi connectivity index (χ1n) is 6.95. The predicted octanol–water partition coefficient (Wildman–Crippen LogP) is 3.54. The Balaban J connectivity index is 2.58. The number of urea groups is 1. The normalized spacial score (nSPS) is 11.2. The first-order valence-corrected chi connectivity index (χ1v) is 6.95. The number of benzene rings is 1. The lowest BCUT2D eigenvalue weighted by Gasteiger charge is -2.08. The van der Waals surface area contributed by atoms with Crippen LogP contribution in [0.3, 0.4) is 0 Å². The van der Waals surface area contributed by atoms with Gasteiger partial charge in [0.05, 0.1) is 12.2 Å². The average Bonchev–Trinajstić information content (AvgIpc) is 2.45. The lowest BCUT2D eigenvalue weighted by atomic mass is 10.1. The molecule has 0 spiro atoms. The summed E-state index contributed by atoms with van der Waals surface area (Å²) >= 11 is 0. The molecule has 0 unspecified atom stereocenters. The van der Waals surface area contributed by atoms with Crippen LogP contribution in [0.2, 0.25) is 0 Å². The first-order chi connectivity index (χ1) is 9.93. The number of rotatable bonds is 5. The number of hydrogen-bond acceptors (Lipinski definition) is 3. The van der Waals surface area contributed by atoms with Gasteiger partial charge in [-0.2, -0.15) is 0 Å². The maximum Gasteiger partial charge on any atom is 0.338 e. The van der Waals surface area contributed by atoms with Crippen molar-refractivity contribution in [2.24, 2.45) is 5.92 Å². The Morgan fingerprint density at radius 3 is 2.38 bits per heavy atom. The molecule has 0 aliphatic rings. The van der Waals surface area contributed by atoms with Gasteiger partial charge < -0.3 is 15.4 Å². The molecular weight excluding hydrogens is 268 g/mol. The third kappa shape index (κ3) is 5.69. The topological polar surface area (TPSA) is 67.4 Å². The fourth-order valence-electron chi connectivity index (χ4n) is 1.42. The van der Waals surface area contributed by atoms with Gasteiger partial charge in [-0.1, -0.05) is 19.4 Å². The molecule has 0 fully saturated rings. The smallest absolute Gasteiger partial charge is 0.338 e. The Bertz CT molecular complexity index is 519. The zero-order valence-electron chi connectivity index (χ0n) is 12.9. The highest BCUT2D eigenvalue weighted by atomic mass is 16.5. The summed E-state index contributed by atoms with van der Waals surface area (Å²) in [7, 11) is 0. The predicted molar refractivity (Wildman–Crippen MR) is 83.1 cm³/mol. The molecule has 114 valence electrons. The van der Waals surface area contributed by atoms with Gasteiger partial charge in [-0.05, 0) is 44.0 Å². The average molecular weight is 290 g/mol. The second-order valence-corrected chi connectivity index (χ2v) is 4.94. The molecule has 1 aromatic carbocycles. The summed E-state index contributed by atoms with van der Waals surface area (Å²) in [5, 5.41) is 5.35. The Hall–Kier alpha value is -2.30. The molecule has 5 nitrogen and oxygen atoms in total. The minimum Gasteiger partial charge on any atom is -0.462 e. The highest BCUT2D eigenvalue weighted by molar-refractivity contribution is 5.92. The number of allylic oxidation sites excluding steroid dienone is 1. The van der Waals surface area contributed by atoms with Crippen LogP contribution in [-0.4, -0.2) is 18.6 Å². The van der Waals surface area contributed by atoms with Gasteiger partial charge in [0.15, 0.2) is 0 Å². The molecule has 0 bridgehead atoms. The van der Waals surface area contributed by atoms with Crippen LogP contribution < -0.4 is 10.6 Å². The SMILES string of the molecule is CCOC(=O)c1ccc(NC(=O)N/C=C(\C)C(C)C)cc1. The van der Waals surface area contributed by atoms with E-state index in [1.54, 1.807) is 37.4 Å². The highest BCUT2D eigenvalue weighted by Gasteiger charge is 2.06. The summed E-state index contributed by atoms with van der Waals surface area (Å²) in [5.41, 5.74) is 2.15. The molecule has 5 heteroatoms. The molecule has 0 radical (unpaired) electrons. The fraction of sp³-hybridized carbons (Fsp3) is 0.375. The molecule has 0 heterocycles. The Morgan fingerprint density at radius 1 is 1.24 bits per heavy atom. The molecule has 0 aromatic heterocycles. The van der Waals surface area contributed by atoms with Crippen molar-refractivity contribution in [3.8, 4) is 0 Å². The lowest BCUT2D eigenvalue weighted by molar-refractivity contribution is 0.0526. The molecule has 0 aliphatic heterocycles. The number of esters is 1. The van der Waals surface area contributed by atoms with Gasteiger partial charge in [0.2, 0.25) is 0 Å². The van der Waals surface area contributed by atoms with E-state index in [1.165, 1.54) is 0 Å². The number of carbonyl (C=O) groups excluding carboxylic acids is 2. The second kappa shape index (κ2) is 8.09. The molecule has 0 aliphatic carbocycles. The summed E-state index contributed by atoms with van der Waals surface area (Å²) in [6.07, 6.45) is 1.69. The van der Waals surface area contributed by atoms with E-state index in [2.05, 4.69) is 24.5 Å². The van der Waals surface area contributed by atoms with Crippen molar-refractivity contribution < 1.29 is 14.3 Å². The van der Waals surface area contributed by atoms with Crippen LogP contribution in [0.1, 0.15) is 38.1 Å². The van der Waals surface area contributed by atoms with Gasteiger partial charge in [-0.25, -0.2) is 9.59 Å². The molecule has 0 saturated carbocycles. The van der Waals surface area contributed by atoms with Crippen LogP contribution in [-0.2, 0) is 4.74 Å². The van der Waals surface area contributed by atoms with Crippen molar-refractivity contribution in [2.45, 2.75) is 27.7 Å². The molecule has 1 aromatic rings. The second-order valence-electron chi connectivity index (χ2n) is 4.94. The van der Waals surface area contributed by atoms with Gasteiger partial charge in [0.1, 0.15) is 0 Å². The molecule has 21 heavy (non-hydrogen) atoms. The van der Waals surface area contributed by atoms with Crippen LogP contribution in [0, 0.1) is 5.92 Å². The third-order valence-electron chi connectivity index (χ3n) is 3.00. The maximum absolute atomic E-state index is 11.7. The number of ether oxygens (including phenoxy) is 1. The highest BCUT2D eigenvalue weighted by Crippen LogP contribution is 2.11. The third-order valence-corrected chi connectivity index (χ3v) is 3.00. The van der Waals surface area contributed by atoms with E-state index in [0.29, 0.717) is 23.8 Å². The zero-order chi connectivity index (χ0) is 15.8. The van der Waals surface area contributed by atoms with E-state index < -0.39 is 0 Å². The van der Waals surface area contributed by atoms with Crippen molar-refractivity contribution in [3.63, 3.8) is 0 Å². The van der Waals surface area contributed by atoms with Crippen LogP contribution in [0.4, 0.5) is 10.5 Å². The minimum absolute atomic E-state index is 0.320. The zero-order valence-corrected chi connectivity index (χ0v) is 12.9. The number of anilines is 1. The Labute approximate surface area is 125 Å². The fourth-order valence-corrected chi connectivity index (χ4v) is 1.42. The maximum atomic E-state index is 11.7. The number of nitrogens with one attached hydrogen (secondary N) is 2. The number of hydrogen-bond donors (Lipinski definition) is 2. The minimum atomic E-state index is -0.371. The van der Waals surface area contributed by atoms with Crippen molar-refractivity contribution in [1.29, 1.82) is 0 Å². The molecular formula is C16H22N2O3. The molecule has 0 saturated heterocycles. The summed E-state index contributed by atoms with van der Waals surface area (Å²) in [5.74, 6) is 0.0122. The van der Waals surface area contributed by atoms with Gasteiger partial charge >= 0.3 is 12.0 Å². The summed E-state index contributed by atoms with van der Waals surface area (Å²) in [6, 6.07) is 6.22. The Kier molecular flexibility index (Phi) is 6.46. The van der Waals surface area contributed by atoms with Crippen LogP contribution in [0.25, 0.3) is 0 Å². The summed E-state index contributed by atoms with van der Waals surface area (Å²) in [6.45, 7) is 8.16. The van der Waals surface area contributed by atoms with Gasteiger partial charge in [0, 0.05) is 11.9 Å². The Morgan fingerprint density at radius 2 is 1.86 bits per heavy atom. The lowest BCUT2D eigenvalue weighted by Crippen LogP contribution is -2.24. The van der Waals surface area contributed by atoms with Crippen LogP contribution in [0.15, 0.2) is 36.0 Å². The van der Waals surface area contributed by atoms with E-state index in [9.17, 15) is 9.59 Å².